The van der Waals surface area contributed by atoms with Crippen LogP contribution in [0.4, 0.5) is 0 Å². The van der Waals surface area contributed by atoms with Gasteiger partial charge in [0.25, 0.3) is 10.1 Å². The zero-order valence-electron chi connectivity index (χ0n) is 45.7. The minimum absolute atomic E-state index is 0.00624. The number of ether oxygens (including phenoxy) is 3. The summed E-state index contributed by atoms with van der Waals surface area (Å²) in [5.41, 5.74) is -1.17. The Hall–Kier alpha value is -3.24. The van der Waals surface area contributed by atoms with Crippen molar-refractivity contribution in [3.8, 4) is 0 Å². The molecule has 0 heterocycles. The van der Waals surface area contributed by atoms with E-state index >= 15 is 0 Å². The Bertz CT molecular complexity index is 1390. The number of unbranched alkanes of at least 4 members (excludes halogenated alkanes) is 24. The third kappa shape index (κ3) is 51.5. The number of allylic oxidation sites excluding steroid dienone is 12. The van der Waals surface area contributed by atoms with E-state index in [0.717, 1.165) is 135 Å². The van der Waals surface area contributed by atoms with Crippen molar-refractivity contribution in [1.82, 2.24) is 0 Å². The smallest absolute Gasteiger partial charge is 0.305 e. The van der Waals surface area contributed by atoms with Crippen molar-refractivity contribution in [2.45, 2.75) is 265 Å². The number of carbonyl (C=O) groups excluding carboxylic acids is 3. The molecule has 71 heavy (non-hydrogen) atoms. The Balaban J connectivity index is 5.16. The van der Waals surface area contributed by atoms with E-state index in [1.54, 1.807) is 0 Å². The molecule has 0 rings (SSSR count). The standard InChI is InChI=1S/C61H106O9S/c1-4-7-10-13-16-19-22-25-28-31-34-37-40-43-46-50-58(62)68-55-61(53-49-54-71(65,66)67,56-69-59(63)51-47-44-41-38-35-32-29-26-23-20-17-14-11-8-5-2)57-70-60(64)52-48-45-42-39-36-33-30-27-24-21-18-15-12-9-6-3/h16-21,25-30H,4-15,22-24,31-57H2,1-3H3,(H,65,66,67)/b19-16-,20-17-,21-18-,28-25-,29-26-,30-27-. The molecule has 0 spiro atoms. The van der Waals surface area contributed by atoms with Crippen molar-refractivity contribution in [3.63, 3.8) is 0 Å². The molecule has 0 fully saturated rings. The summed E-state index contributed by atoms with van der Waals surface area (Å²) in [5, 5.41) is 0. The van der Waals surface area contributed by atoms with Crippen LogP contribution in [0.25, 0.3) is 0 Å². The van der Waals surface area contributed by atoms with Crippen molar-refractivity contribution >= 4 is 28.0 Å². The van der Waals surface area contributed by atoms with Crippen molar-refractivity contribution in [3.05, 3.63) is 72.9 Å². The largest absolute Gasteiger partial charge is 0.465 e. The summed E-state index contributed by atoms with van der Waals surface area (Å²) >= 11 is 0. The van der Waals surface area contributed by atoms with E-state index < -0.39 is 39.2 Å². The van der Waals surface area contributed by atoms with Crippen molar-refractivity contribution < 1.29 is 41.6 Å². The Morgan fingerprint density at radius 2 is 0.620 bits per heavy atom. The van der Waals surface area contributed by atoms with Gasteiger partial charge in [-0.15, -0.1) is 0 Å². The molecule has 0 bridgehead atoms. The fourth-order valence-corrected chi connectivity index (χ4v) is 8.64. The van der Waals surface area contributed by atoms with E-state index in [1.807, 2.05) is 0 Å². The summed E-state index contributed by atoms with van der Waals surface area (Å²) in [5.74, 6) is -1.72. The van der Waals surface area contributed by atoms with E-state index in [1.165, 1.54) is 57.8 Å². The average molecular weight is 1020 g/mol. The molecule has 0 aromatic carbocycles. The molecule has 0 aliphatic rings. The number of esters is 3. The fourth-order valence-electron chi connectivity index (χ4n) is 8.13. The van der Waals surface area contributed by atoms with Gasteiger partial charge in [0, 0.05) is 19.3 Å². The number of hydrogen-bond acceptors (Lipinski definition) is 8. The van der Waals surface area contributed by atoms with Crippen molar-refractivity contribution in [2.24, 2.45) is 5.41 Å². The van der Waals surface area contributed by atoms with E-state index in [0.29, 0.717) is 19.3 Å². The highest BCUT2D eigenvalue weighted by Crippen LogP contribution is 2.28. The molecule has 0 atom stereocenters. The minimum atomic E-state index is -4.28. The predicted octanol–water partition coefficient (Wildman–Crippen LogP) is 17.7. The summed E-state index contributed by atoms with van der Waals surface area (Å²) in [6.07, 6.45) is 63.1. The van der Waals surface area contributed by atoms with Crippen LogP contribution in [0, 0.1) is 5.41 Å². The van der Waals surface area contributed by atoms with Crippen LogP contribution < -0.4 is 0 Å². The summed E-state index contributed by atoms with van der Waals surface area (Å²) in [6.45, 7) is 6.06. The van der Waals surface area contributed by atoms with Gasteiger partial charge in [-0.2, -0.15) is 8.42 Å². The maximum atomic E-state index is 13.1. The first-order valence-electron chi connectivity index (χ1n) is 28.9. The summed E-state index contributed by atoms with van der Waals surface area (Å²) < 4.78 is 50.4. The molecule has 410 valence electrons. The van der Waals surface area contributed by atoms with Gasteiger partial charge in [-0.05, 0) is 128 Å². The van der Waals surface area contributed by atoms with Gasteiger partial charge in [0.15, 0.2) is 0 Å². The molecule has 0 aliphatic carbocycles. The highest BCUT2D eigenvalue weighted by Gasteiger charge is 2.36. The van der Waals surface area contributed by atoms with Crippen LogP contribution in [0.5, 0.6) is 0 Å². The normalized spacial score (nSPS) is 12.6. The Kier molecular flexibility index (Phi) is 49.3. The van der Waals surface area contributed by atoms with Crippen LogP contribution in [0.1, 0.15) is 265 Å². The topological polar surface area (TPSA) is 133 Å². The highest BCUT2D eigenvalue weighted by molar-refractivity contribution is 7.85. The summed E-state index contributed by atoms with van der Waals surface area (Å²) in [4.78, 5) is 39.2. The van der Waals surface area contributed by atoms with Gasteiger partial charge in [0.05, 0.1) is 11.2 Å². The molecular formula is C61H106O9S. The van der Waals surface area contributed by atoms with Crippen LogP contribution in [-0.4, -0.2) is 56.5 Å². The van der Waals surface area contributed by atoms with Gasteiger partial charge in [-0.25, -0.2) is 0 Å². The SMILES string of the molecule is CCCCC/C=C\C/C=C\CCCCCCCC(=O)OCC(CCCS(=O)(=O)O)(COC(=O)CCCCCCC/C=C\C/C=C\CCCCC)COC(=O)CCCCCCC/C=C\C/C=C\CCCCC. The first kappa shape index (κ1) is 67.8. The monoisotopic (exact) mass is 1010 g/mol. The van der Waals surface area contributed by atoms with Gasteiger partial charge in [0.1, 0.15) is 19.8 Å². The lowest BCUT2D eigenvalue weighted by atomic mass is 9.85. The van der Waals surface area contributed by atoms with Gasteiger partial charge >= 0.3 is 17.9 Å². The quantitative estimate of drug-likeness (QED) is 0.0208. The number of rotatable bonds is 52. The lowest BCUT2D eigenvalue weighted by molar-refractivity contribution is -0.162. The molecule has 0 saturated heterocycles. The summed E-state index contributed by atoms with van der Waals surface area (Å²) in [6, 6.07) is 0. The van der Waals surface area contributed by atoms with Gasteiger partial charge < -0.3 is 14.2 Å². The van der Waals surface area contributed by atoms with Gasteiger partial charge in [-0.3, -0.25) is 18.9 Å². The molecule has 0 saturated carbocycles. The Morgan fingerprint density at radius 3 is 0.887 bits per heavy atom. The third-order valence-electron chi connectivity index (χ3n) is 12.7. The molecule has 0 radical (unpaired) electrons. The second-order valence-corrected chi connectivity index (χ2v) is 21.4. The lowest BCUT2D eigenvalue weighted by Gasteiger charge is -2.32. The van der Waals surface area contributed by atoms with E-state index in [2.05, 4.69) is 93.7 Å². The van der Waals surface area contributed by atoms with Crippen LogP contribution in [0.2, 0.25) is 0 Å². The van der Waals surface area contributed by atoms with Crippen LogP contribution in [0.15, 0.2) is 72.9 Å². The van der Waals surface area contributed by atoms with E-state index in [4.69, 9.17) is 14.2 Å². The van der Waals surface area contributed by atoms with Crippen LogP contribution in [0.3, 0.4) is 0 Å². The maximum Gasteiger partial charge on any atom is 0.305 e. The highest BCUT2D eigenvalue weighted by atomic mass is 32.2. The molecule has 9 nitrogen and oxygen atoms in total. The Morgan fingerprint density at radius 1 is 0.366 bits per heavy atom. The van der Waals surface area contributed by atoms with Crippen molar-refractivity contribution in [2.75, 3.05) is 25.6 Å². The Labute approximate surface area is 436 Å². The van der Waals surface area contributed by atoms with Crippen LogP contribution in [-0.2, 0) is 38.7 Å². The first-order chi connectivity index (χ1) is 34.6. The molecular weight excluding hydrogens is 909 g/mol. The zero-order valence-corrected chi connectivity index (χ0v) is 46.6. The minimum Gasteiger partial charge on any atom is -0.465 e. The maximum absolute atomic E-state index is 13.1. The molecule has 0 aromatic rings. The van der Waals surface area contributed by atoms with Crippen LogP contribution >= 0.6 is 0 Å². The molecule has 0 unspecified atom stereocenters. The fraction of sp³-hybridized carbons (Fsp3) is 0.754. The van der Waals surface area contributed by atoms with Gasteiger partial charge in [-0.1, -0.05) is 190 Å². The molecule has 0 aromatic heterocycles. The summed E-state index contributed by atoms with van der Waals surface area (Å²) in [7, 11) is -4.28. The molecule has 10 heteroatoms. The predicted molar refractivity (Wildman–Crippen MR) is 299 cm³/mol. The van der Waals surface area contributed by atoms with Gasteiger partial charge in [0.2, 0.25) is 0 Å². The first-order valence-corrected chi connectivity index (χ1v) is 30.5. The van der Waals surface area contributed by atoms with E-state index in [9.17, 15) is 27.4 Å². The second-order valence-electron chi connectivity index (χ2n) is 19.8. The second kappa shape index (κ2) is 51.7. The average Bonchev–Trinajstić information content (AvgIpc) is 3.35. The lowest BCUT2D eigenvalue weighted by Crippen LogP contribution is -2.40. The molecule has 0 aliphatic heterocycles. The zero-order chi connectivity index (χ0) is 52.0. The van der Waals surface area contributed by atoms with E-state index in [-0.39, 0.29) is 51.9 Å². The number of carbonyl (C=O) groups is 3. The number of hydrogen-bond donors (Lipinski definition) is 1. The van der Waals surface area contributed by atoms with Crippen molar-refractivity contribution in [1.29, 1.82) is 0 Å². The third-order valence-corrected chi connectivity index (χ3v) is 13.5. The molecule has 1 N–H and O–H groups in total. The molecule has 0 amide bonds.